The minimum Gasteiger partial charge on any atom is -0.429 e. The summed E-state index contributed by atoms with van der Waals surface area (Å²) in [5, 5.41) is 0. The number of benzene rings is 5. The summed E-state index contributed by atoms with van der Waals surface area (Å²) in [5.41, 5.74) is -2.63. The van der Waals surface area contributed by atoms with Crippen molar-refractivity contribution < 1.29 is 57.8 Å². The lowest BCUT2D eigenvalue weighted by Crippen LogP contribution is -2.25. The van der Waals surface area contributed by atoms with Crippen molar-refractivity contribution in [1.82, 2.24) is 0 Å². The zero-order valence-corrected chi connectivity index (χ0v) is 25.9. The van der Waals surface area contributed by atoms with Crippen LogP contribution in [0.15, 0.2) is 84.9 Å². The quantitative estimate of drug-likeness (QED) is 0.100. The van der Waals surface area contributed by atoms with Crippen LogP contribution >= 0.6 is 0 Å². The average Bonchev–Trinajstić information content (AvgIpc) is 3.01. The van der Waals surface area contributed by atoms with Gasteiger partial charge in [0.05, 0.1) is 5.56 Å². The smallest absolute Gasteiger partial charge is 0.429 e. The van der Waals surface area contributed by atoms with Crippen LogP contribution in [0, 0.1) is 34.9 Å². The first-order valence-electron chi connectivity index (χ1n) is 15.1. The van der Waals surface area contributed by atoms with E-state index in [9.17, 15) is 22.0 Å². The molecule has 0 aliphatic heterocycles. The third-order valence-corrected chi connectivity index (χ3v) is 7.68. The van der Waals surface area contributed by atoms with Gasteiger partial charge in [0.2, 0.25) is 0 Å². The average molecular weight is 711 g/mol. The molecule has 0 spiro atoms. The predicted octanol–water partition coefficient (Wildman–Crippen LogP) is 12.3. The fraction of sp³-hybridized carbons (Fsp3) is 0.189. The summed E-state index contributed by atoms with van der Waals surface area (Å²) in [7, 11) is 0. The van der Waals surface area contributed by atoms with Crippen molar-refractivity contribution in [1.29, 1.82) is 0 Å². The molecule has 0 radical (unpaired) electrons. The molecule has 0 aliphatic rings. The van der Waals surface area contributed by atoms with E-state index >= 15 is 26.3 Å². The molecule has 0 amide bonds. The maximum atomic E-state index is 15.2. The van der Waals surface area contributed by atoms with Gasteiger partial charge in [0.25, 0.3) is 0 Å². The van der Waals surface area contributed by atoms with Crippen LogP contribution in [0.4, 0.5) is 48.3 Å². The molecule has 5 aromatic carbocycles. The fourth-order valence-corrected chi connectivity index (χ4v) is 5.32. The van der Waals surface area contributed by atoms with Gasteiger partial charge < -0.3 is 9.47 Å². The first-order valence-corrected chi connectivity index (χ1v) is 15.1. The number of hydrogen-bond acceptors (Lipinski definition) is 2. The standard InChI is InChI=1S/C37H25F11O2/c1-2-3-4-5-20-6-8-21(9-7-20)23-15-29(40)34(30(41)16-23)24-17-31(42)35(32(43)18-24)36(44,45)49-25-11-12-26(27(38)19-25)22-10-13-33(28(39)14-22)50-37(46,47)48/h6-19H,2-5H2,1H3. The van der Waals surface area contributed by atoms with Gasteiger partial charge in [0, 0.05) is 11.6 Å². The number of halogens is 11. The van der Waals surface area contributed by atoms with Crippen molar-refractivity contribution in [3.63, 3.8) is 0 Å². The van der Waals surface area contributed by atoms with E-state index in [1.165, 1.54) is 0 Å². The molecule has 50 heavy (non-hydrogen) atoms. The number of hydrogen-bond donors (Lipinski definition) is 0. The Morgan fingerprint density at radius 3 is 1.66 bits per heavy atom. The highest BCUT2D eigenvalue weighted by Crippen LogP contribution is 2.40. The molecule has 0 N–H and O–H groups in total. The molecule has 5 rings (SSSR count). The Balaban J connectivity index is 1.36. The van der Waals surface area contributed by atoms with E-state index in [1.807, 2.05) is 12.1 Å². The van der Waals surface area contributed by atoms with E-state index < -0.39 is 81.1 Å². The largest absolute Gasteiger partial charge is 0.573 e. The lowest BCUT2D eigenvalue weighted by molar-refractivity contribution is -0.275. The van der Waals surface area contributed by atoms with Crippen molar-refractivity contribution in [2.75, 3.05) is 0 Å². The Morgan fingerprint density at radius 2 is 1.10 bits per heavy atom. The molecule has 13 heteroatoms. The van der Waals surface area contributed by atoms with Crippen molar-refractivity contribution in [2.24, 2.45) is 0 Å². The van der Waals surface area contributed by atoms with Crippen LogP contribution in [0.5, 0.6) is 11.5 Å². The Kier molecular flexibility index (Phi) is 10.4. The summed E-state index contributed by atoms with van der Waals surface area (Å²) < 4.78 is 165. The molecule has 0 aromatic heterocycles. The third kappa shape index (κ3) is 8.20. The Hall–Kier alpha value is -5.07. The van der Waals surface area contributed by atoms with Gasteiger partial charge in [-0.25, -0.2) is 26.3 Å². The molecule has 0 unspecified atom stereocenters. The van der Waals surface area contributed by atoms with Gasteiger partial charge in [-0.3, -0.25) is 0 Å². The van der Waals surface area contributed by atoms with Crippen LogP contribution in [-0.2, 0) is 12.5 Å². The maximum absolute atomic E-state index is 15.2. The maximum Gasteiger partial charge on any atom is 0.573 e. The first kappa shape index (κ1) is 36.2. The van der Waals surface area contributed by atoms with E-state index in [4.69, 9.17) is 0 Å². The Labute approximate surface area is 278 Å². The summed E-state index contributed by atoms with van der Waals surface area (Å²) in [6, 6.07) is 13.4. The highest BCUT2D eigenvalue weighted by Gasteiger charge is 2.41. The van der Waals surface area contributed by atoms with Crippen LogP contribution in [0.3, 0.4) is 0 Å². The highest BCUT2D eigenvalue weighted by molar-refractivity contribution is 5.72. The third-order valence-electron chi connectivity index (χ3n) is 7.68. The Bertz CT molecular complexity index is 1960. The lowest BCUT2D eigenvalue weighted by atomic mass is 9.96. The second-order valence-corrected chi connectivity index (χ2v) is 11.2. The summed E-state index contributed by atoms with van der Waals surface area (Å²) in [4.78, 5) is 0. The molecule has 0 bridgehead atoms. The monoisotopic (exact) mass is 710 g/mol. The van der Waals surface area contributed by atoms with Gasteiger partial charge in [-0.1, -0.05) is 50.1 Å². The molecule has 0 aliphatic carbocycles. The van der Waals surface area contributed by atoms with Gasteiger partial charge >= 0.3 is 12.5 Å². The van der Waals surface area contributed by atoms with Crippen LogP contribution < -0.4 is 9.47 Å². The molecule has 0 saturated heterocycles. The zero-order chi connectivity index (χ0) is 36.4. The van der Waals surface area contributed by atoms with Crippen molar-refractivity contribution in [2.45, 2.75) is 45.1 Å². The van der Waals surface area contributed by atoms with Gasteiger partial charge in [-0.15, -0.1) is 13.2 Å². The fourth-order valence-electron chi connectivity index (χ4n) is 5.32. The molecule has 5 aromatic rings. The highest BCUT2D eigenvalue weighted by atomic mass is 19.4. The summed E-state index contributed by atoms with van der Waals surface area (Å²) in [6.07, 6.45) is -6.05. The summed E-state index contributed by atoms with van der Waals surface area (Å²) in [6.45, 7) is 2.08. The SMILES string of the molecule is CCCCCc1ccc(-c2cc(F)c(-c3cc(F)c(C(F)(F)Oc4ccc(-c5ccc(OC(F)(F)F)c(F)c5)c(F)c4)c(F)c3)c(F)c2)cc1. The predicted molar refractivity (Wildman–Crippen MR) is 163 cm³/mol. The Morgan fingerprint density at radius 1 is 0.520 bits per heavy atom. The second kappa shape index (κ2) is 14.4. The summed E-state index contributed by atoms with van der Waals surface area (Å²) >= 11 is 0. The van der Waals surface area contributed by atoms with Crippen LogP contribution in [0.1, 0.15) is 37.3 Å². The summed E-state index contributed by atoms with van der Waals surface area (Å²) in [5.74, 6) is -11.2. The lowest BCUT2D eigenvalue weighted by Gasteiger charge is -2.20. The molecule has 262 valence electrons. The van der Waals surface area contributed by atoms with E-state index in [0.717, 1.165) is 61.6 Å². The molecular weight excluding hydrogens is 685 g/mol. The number of unbranched alkanes of at least 4 members (excludes halogenated alkanes) is 2. The number of ether oxygens (including phenoxy) is 2. The first-order chi connectivity index (χ1) is 23.6. The molecule has 0 fully saturated rings. The number of rotatable bonds is 11. The molecule has 2 nitrogen and oxygen atoms in total. The molecular formula is C37H25F11O2. The minimum absolute atomic E-state index is 0.136. The van der Waals surface area contributed by atoms with Gasteiger partial charge in [-0.2, -0.15) is 8.78 Å². The second-order valence-electron chi connectivity index (χ2n) is 11.2. The van der Waals surface area contributed by atoms with Crippen LogP contribution in [-0.4, -0.2) is 6.36 Å². The van der Waals surface area contributed by atoms with Crippen molar-refractivity contribution >= 4 is 0 Å². The van der Waals surface area contributed by atoms with Crippen molar-refractivity contribution in [3.8, 4) is 44.9 Å². The van der Waals surface area contributed by atoms with E-state index in [0.29, 0.717) is 35.9 Å². The van der Waals surface area contributed by atoms with Gasteiger partial charge in [0.15, 0.2) is 11.6 Å². The molecule has 0 saturated carbocycles. The topological polar surface area (TPSA) is 18.5 Å². The minimum atomic E-state index is -5.20. The van der Waals surface area contributed by atoms with Gasteiger partial charge in [-0.05, 0) is 89.2 Å². The number of aryl methyl sites for hydroxylation is 1. The normalized spacial score (nSPS) is 11.9. The van der Waals surface area contributed by atoms with E-state index in [1.54, 1.807) is 12.1 Å². The van der Waals surface area contributed by atoms with Gasteiger partial charge in [0.1, 0.15) is 40.4 Å². The van der Waals surface area contributed by atoms with Crippen LogP contribution in [0.2, 0.25) is 0 Å². The van der Waals surface area contributed by atoms with E-state index in [-0.39, 0.29) is 11.1 Å². The van der Waals surface area contributed by atoms with E-state index in [2.05, 4.69) is 16.4 Å². The van der Waals surface area contributed by atoms with Crippen molar-refractivity contribution in [3.05, 3.63) is 131 Å². The number of alkyl halides is 5. The molecule has 0 heterocycles. The molecule has 0 atom stereocenters. The van der Waals surface area contributed by atoms with Crippen LogP contribution in [0.25, 0.3) is 33.4 Å². The zero-order valence-electron chi connectivity index (χ0n) is 25.9.